The molecule has 6 fully saturated rings. The minimum atomic E-state index is 0.0149. The van der Waals surface area contributed by atoms with Gasteiger partial charge in [-0.1, -0.05) is 62.8 Å². The van der Waals surface area contributed by atoms with Crippen LogP contribution in [-0.2, 0) is 28.8 Å². The van der Waals surface area contributed by atoms with Crippen molar-refractivity contribution in [1.29, 1.82) is 0 Å². The molecule has 1 aromatic carbocycles. The molecule has 12 N–H and O–H groups in total. The van der Waals surface area contributed by atoms with Crippen molar-refractivity contribution in [2.45, 2.75) is 199 Å². The van der Waals surface area contributed by atoms with Crippen LogP contribution in [0.25, 0.3) is 83.5 Å². The van der Waals surface area contributed by atoms with Gasteiger partial charge < -0.3 is 65.7 Å². The molecule has 20 rings (SSSR count). The van der Waals surface area contributed by atoms with Gasteiger partial charge in [0.1, 0.15) is 5.65 Å². The number of aromatic nitrogens is 18. The topological polar surface area (TPSA) is 435 Å². The molecule has 37 heteroatoms. The van der Waals surface area contributed by atoms with Crippen LogP contribution in [0.3, 0.4) is 0 Å². The molecule has 0 bridgehead atoms. The molecule has 6 saturated heterocycles. The third-order valence-corrected chi connectivity index (χ3v) is 27.5. The molecule has 0 saturated carbocycles. The number of likely N-dealkylation sites (tertiary alicyclic amines) is 6. The first kappa shape index (κ1) is 106. The number of hydrogen-bond donors (Lipinski definition) is 12. The summed E-state index contributed by atoms with van der Waals surface area (Å²) in [6.07, 6.45) is 49.4. The highest BCUT2D eigenvalue weighted by Crippen LogP contribution is 2.30. The molecule has 14 aromatic rings. The lowest BCUT2D eigenvalue weighted by Crippen LogP contribution is -2.31. The average molecular weight is 1990 g/mol. The number of imidazole rings is 1. The van der Waals surface area contributed by atoms with Crippen LogP contribution in [0.2, 0.25) is 0 Å². The zero-order valence-corrected chi connectivity index (χ0v) is 84.3. The molecule has 6 amide bonds. The normalized spacial score (nSPS) is 15.4. The summed E-state index contributed by atoms with van der Waals surface area (Å²) in [6, 6.07) is 42.4. The van der Waals surface area contributed by atoms with Crippen molar-refractivity contribution in [2.24, 2.45) is 0 Å². The second-order valence-electron chi connectivity index (χ2n) is 37.9. The molecule has 766 valence electrons. The largest absolute Gasteiger partial charge is 0.309 e. The predicted molar refractivity (Wildman–Crippen MR) is 573 cm³/mol. The molecule has 36 nitrogen and oxygen atoms in total. The van der Waals surface area contributed by atoms with Gasteiger partial charge in [-0.2, -0.15) is 30.6 Å². The number of nitrogens with one attached hydrogen (secondary N) is 12. The maximum absolute atomic E-state index is 12.2. The van der Waals surface area contributed by atoms with Crippen LogP contribution >= 0.6 is 11.3 Å². The minimum absolute atomic E-state index is 0.0149. The molecule has 0 radical (unpaired) electrons. The second kappa shape index (κ2) is 58.3. The Bertz CT molecular complexity index is 5890. The number of carbonyl (C=O) groups excluding carboxylic acids is 6. The molecule has 145 heavy (non-hydrogen) atoms. The summed E-state index contributed by atoms with van der Waals surface area (Å²) < 4.78 is 1.96. The van der Waals surface area contributed by atoms with Gasteiger partial charge in [0, 0.05) is 158 Å². The van der Waals surface area contributed by atoms with E-state index in [1.807, 2.05) is 150 Å². The summed E-state index contributed by atoms with van der Waals surface area (Å²) in [7, 11) is 0. The predicted octanol–water partition coefficient (Wildman–Crippen LogP) is 18.5. The standard InChI is InChI=1S/C21H25N5O.C20H26N6O.3C17H23N5O.C16H22N4OS/c27-21(7-5-13-26-11-2-1-3-12-26)23-20-15-19(24-25-20)17-8-9-18-16(14-17)6-4-10-22-18;27-20(6-2-5-12-25-10-3-1-4-11-25)22-18-14-17(23-24-18)16-7-8-19-21-9-13-26(19)15-16;23-17(8-6-12-22-10-4-1-5-11-22)19-16-13-15(20-21-16)14-7-2-3-9-18-14;23-17(7-5-11-22-9-2-1-3-10-22)19-16-12-15(20-21-16)14-6-4-8-18-13-14;23-17(5-4-12-22-10-2-1-3-11-22)19-16-13-15(20-21-16)14-6-8-18-9-7-14;21-16(7-4-10-20-8-2-1-3-9-20)17-15-12-13(18-19-15)14-6-5-11-22-14/h4,6,8-10,14-15H,1-3,5,7,11-13H2,(H2,23,24,25,27);7-9,13-15H,1-6,10-12H2,(H2,22,23,24,27);2-3,7,9,13H,1,4-6,8,10-12H2,(H2,19,20,21,23);4,6,8,12-13H,1-3,5,7,9-11H2,(H2,19,20,21,23);6-9,13H,1-5,10-12H2,(H2,19,20,21,23);5-6,11-12H,1-4,7-10H2,(H2,17,18,19,21). The van der Waals surface area contributed by atoms with E-state index in [1.165, 1.54) is 194 Å². The van der Waals surface area contributed by atoms with Crippen molar-refractivity contribution in [3.63, 3.8) is 0 Å². The summed E-state index contributed by atoms with van der Waals surface area (Å²) >= 11 is 1.65. The number of carbonyl (C=O) groups is 6. The molecular weight excluding hydrogens is 1850 g/mol. The Labute approximate surface area is 852 Å². The lowest BCUT2D eigenvalue weighted by Gasteiger charge is -2.26. The smallest absolute Gasteiger partial charge is 0.225 e. The van der Waals surface area contributed by atoms with Gasteiger partial charge >= 0.3 is 0 Å². The van der Waals surface area contributed by atoms with E-state index in [4.69, 9.17) is 0 Å². The van der Waals surface area contributed by atoms with Crippen LogP contribution in [-0.4, -0.2) is 273 Å². The number of piperidine rings is 6. The first-order valence-corrected chi connectivity index (χ1v) is 53.2. The van der Waals surface area contributed by atoms with E-state index in [-0.39, 0.29) is 35.4 Å². The molecule has 0 spiro atoms. The van der Waals surface area contributed by atoms with Gasteiger partial charge in [-0.15, -0.1) is 11.3 Å². The van der Waals surface area contributed by atoms with E-state index in [0.29, 0.717) is 73.4 Å². The lowest BCUT2D eigenvalue weighted by atomic mass is 10.1. The molecule has 6 aliphatic rings. The number of thiophene rings is 1. The first-order valence-electron chi connectivity index (χ1n) is 52.3. The van der Waals surface area contributed by atoms with Crippen LogP contribution in [0.15, 0.2) is 195 Å². The van der Waals surface area contributed by atoms with Gasteiger partial charge in [-0.25, -0.2) is 4.98 Å². The number of unbranched alkanes of at least 4 members (excludes halogenated alkanes) is 1. The Morgan fingerprint density at radius 2 is 0.669 bits per heavy atom. The molecule has 6 aliphatic heterocycles. The van der Waals surface area contributed by atoms with Crippen LogP contribution < -0.4 is 31.9 Å². The Morgan fingerprint density at radius 3 is 1.09 bits per heavy atom. The number of benzene rings is 1. The molecular formula is C108H142N30O6S. The monoisotopic (exact) mass is 1990 g/mol. The van der Waals surface area contributed by atoms with Crippen molar-refractivity contribution in [3.05, 3.63) is 195 Å². The van der Waals surface area contributed by atoms with Crippen LogP contribution in [0.5, 0.6) is 0 Å². The van der Waals surface area contributed by atoms with E-state index in [1.54, 1.807) is 54.7 Å². The maximum Gasteiger partial charge on any atom is 0.225 e. The number of H-pyrrole nitrogens is 6. The van der Waals surface area contributed by atoms with Crippen LogP contribution in [0, 0.1) is 0 Å². The summed E-state index contributed by atoms with van der Waals surface area (Å²) in [6.45, 7) is 20.4. The molecule has 0 unspecified atom stereocenters. The fourth-order valence-electron chi connectivity index (χ4n) is 18.8. The number of pyridine rings is 5. The second-order valence-corrected chi connectivity index (χ2v) is 38.8. The Balaban J connectivity index is 0.000000131. The highest BCUT2D eigenvalue weighted by atomic mass is 32.1. The summed E-state index contributed by atoms with van der Waals surface area (Å²) in [5.41, 5.74) is 11.8. The van der Waals surface area contributed by atoms with Crippen LogP contribution in [0.1, 0.15) is 199 Å². The summed E-state index contributed by atoms with van der Waals surface area (Å²) in [4.78, 5) is 109. The quantitative estimate of drug-likeness (QED) is 0.0161. The third kappa shape index (κ3) is 36.2. The molecule has 0 atom stereocenters. The average Bonchev–Trinajstić information content (AvgIpc) is 1.68. The number of aromatic amines is 6. The Kier molecular flexibility index (Phi) is 42.5. The van der Waals surface area contributed by atoms with E-state index in [0.717, 1.165) is 168 Å². The first-order chi connectivity index (χ1) is 71.3. The summed E-state index contributed by atoms with van der Waals surface area (Å²) in [5.74, 6) is 3.57. The fraction of sp³-hybridized carbons (Fsp3) is 0.454. The Hall–Kier alpha value is -13.7. The van der Waals surface area contributed by atoms with Gasteiger partial charge in [0.05, 0.1) is 50.3 Å². The molecule has 13 aromatic heterocycles. The summed E-state index contributed by atoms with van der Waals surface area (Å²) in [5, 5.41) is 63.0. The maximum atomic E-state index is 12.2. The highest BCUT2D eigenvalue weighted by molar-refractivity contribution is 7.13. The molecule has 19 heterocycles. The lowest BCUT2D eigenvalue weighted by molar-refractivity contribution is -0.117. The van der Waals surface area contributed by atoms with Crippen molar-refractivity contribution in [3.8, 4) is 67.0 Å². The van der Waals surface area contributed by atoms with Crippen LogP contribution in [0.4, 0.5) is 34.9 Å². The Morgan fingerprint density at radius 1 is 0.290 bits per heavy atom. The zero-order chi connectivity index (χ0) is 99.9. The molecule has 0 aliphatic carbocycles. The number of amides is 6. The van der Waals surface area contributed by atoms with Crippen molar-refractivity contribution in [1.82, 2.24) is 120 Å². The highest BCUT2D eigenvalue weighted by Gasteiger charge is 2.21. The van der Waals surface area contributed by atoms with E-state index < -0.39 is 0 Å². The SMILES string of the molecule is O=C(CCCCN1CCCCC1)Nc1cc(-c2ccc3nccn3c2)[nH]n1.O=C(CCCN1CCCCC1)Nc1cc(-c2ccc3ncccc3c2)[nH]n1.O=C(CCCN1CCCCC1)Nc1cc(-c2ccccn2)[nH]n1.O=C(CCCN1CCCCC1)Nc1cc(-c2cccnc2)[nH]n1.O=C(CCCN1CCCCC1)Nc1cc(-c2cccs2)[nH]n1.O=C(CCCN1CCCCC1)Nc1cc(-c2ccncc2)[nH]n1. The minimum Gasteiger partial charge on any atom is -0.309 e. The van der Waals surface area contributed by atoms with Gasteiger partial charge in [0.25, 0.3) is 0 Å². The number of rotatable bonds is 37. The zero-order valence-electron chi connectivity index (χ0n) is 83.5. The van der Waals surface area contributed by atoms with E-state index >= 15 is 0 Å². The third-order valence-electron chi connectivity index (χ3n) is 26.6. The fourth-order valence-corrected chi connectivity index (χ4v) is 19.5. The van der Waals surface area contributed by atoms with Gasteiger partial charge in [0.2, 0.25) is 35.4 Å². The van der Waals surface area contributed by atoms with Crippen molar-refractivity contribution in [2.75, 3.05) is 150 Å². The van der Waals surface area contributed by atoms with Crippen molar-refractivity contribution < 1.29 is 28.8 Å². The van der Waals surface area contributed by atoms with Gasteiger partial charge in [-0.05, 0) is 318 Å². The van der Waals surface area contributed by atoms with Gasteiger partial charge in [0.15, 0.2) is 34.9 Å². The van der Waals surface area contributed by atoms with Gasteiger partial charge in [-0.3, -0.25) is 79.3 Å². The number of fused-ring (bicyclic) bond motifs is 2. The van der Waals surface area contributed by atoms with E-state index in [9.17, 15) is 28.8 Å². The number of anilines is 6. The van der Waals surface area contributed by atoms with E-state index in [2.05, 4.69) is 153 Å². The van der Waals surface area contributed by atoms with Crippen molar-refractivity contribution >= 4 is 98.2 Å². The number of hydrogen-bond acceptors (Lipinski definition) is 24. The number of nitrogens with zero attached hydrogens (tertiary/aromatic N) is 18.